The van der Waals surface area contributed by atoms with E-state index in [9.17, 15) is 0 Å². The normalized spacial score (nSPS) is 13.0. The third-order valence-electron chi connectivity index (χ3n) is 3.45. The first-order chi connectivity index (χ1) is 10.1. The van der Waals surface area contributed by atoms with E-state index in [4.69, 9.17) is 27.6 Å². The van der Waals surface area contributed by atoms with Gasteiger partial charge in [-0.25, -0.2) is 9.97 Å². The molecule has 21 heavy (non-hydrogen) atoms. The molecule has 0 saturated heterocycles. The van der Waals surface area contributed by atoms with Crippen molar-refractivity contribution in [3.8, 4) is 0 Å². The lowest BCUT2D eigenvalue weighted by Crippen LogP contribution is -2.11. The molecule has 3 heterocycles. The maximum absolute atomic E-state index is 6.00. The number of aryl methyl sites for hydroxylation is 2. The molecule has 6 heteroatoms. The van der Waals surface area contributed by atoms with E-state index >= 15 is 0 Å². The van der Waals surface area contributed by atoms with E-state index in [1.807, 2.05) is 25.1 Å². The number of pyridine rings is 1. The molecule has 3 aromatic heterocycles. The van der Waals surface area contributed by atoms with Gasteiger partial charge < -0.3 is 8.98 Å². The summed E-state index contributed by atoms with van der Waals surface area (Å²) in [6, 6.07) is 5.75. The Hall–Kier alpha value is -1.52. The predicted molar refractivity (Wildman–Crippen MR) is 84.2 cm³/mol. The number of alkyl halides is 1. The van der Waals surface area contributed by atoms with Crippen LogP contribution < -0.4 is 0 Å². The number of nitrogens with zero attached hydrogens (tertiary/aromatic N) is 3. The number of fused-ring (bicyclic) bond motifs is 1. The number of hydrogen-bond donors (Lipinski definition) is 0. The number of aromatic nitrogens is 3. The SMILES string of the molecule is Cc1ccc(C(C)n2c(CCCl)nc3cc(Cl)cnc32)o1. The number of halogens is 2. The Bertz CT molecular complexity index is 778. The molecule has 0 bridgehead atoms. The smallest absolute Gasteiger partial charge is 0.160 e. The lowest BCUT2D eigenvalue weighted by molar-refractivity contribution is 0.427. The number of imidazole rings is 1. The highest BCUT2D eigenvalue weighted by Gasteiger charge is 2.20. The topological polar surface area (TPSA) is 43.9 Å². The predicted octanol–water partition coefficient (Wildman–Crippen LogP) is 4.38. The van der Waals surface area contributed by atoms with Crippen LogP contribution in [0.25, 0.3) is 11.2 Å². The molecular weight excluding hydrogens is 309 g/mol. The summed E-state index contributed by atoms with van der Waals surface area (Å²) in [7, 11) is 0. The average Bonchev–Trinajstić information content (AvgIpc) is 3.01. The van der Waals surface area contributed by atoms with Gasteiger partial charge in [0.1, 0.15) is 22.9 Å². The quantitative estimate of drug-likeness (QED) is 0.669. The van der Waals surface area contributed by atoms with E-state index in [-0.39, 0.29) is 6.04 Å². The van der Waals surface area contributed by atoms with Gasteiger partial charge in [-0.15, -0.1) is 11.6 Å². The fourth-order valence-electron chi connectivity index (χ4n) is 2.48. The lowest BCUT2D eigenvalue weighted by atomic mass is 10.2. The van der Waals surface area contributed by atoms with E-state index in [0.717, 1.165) is 28.5 Å². The summed E-state index contributed by atoms with van der Waals surface area (Å²) in [5.74, 6) is 3.15. The van der Waals surface area contributed by atoms with Crippen LogP contribution in [0, 0.1) is 6.92 Å². The molecule has 3 aromatic rings. The largest absolute Gasteiger partial charge is 0.464 e. The van der Waals surface area contributed by atoms with Crippen molar-refractivity contribution in [2.45, 2.75) is 26.3 Å². The highest BCUT2D eigenvalue weighted by molar-refractivity contribution is 6.31. The second-order valence-corrected chi connectivity index (χ2v) is 5.77. The first kappa shape index (κ1) is 14.4. The van der Waals surface area contributed by atoms with E-state index in [0.29, 0.717) is 17.3 Å². The van der Waals surface area contributed by atoms with Crippen LogP contribution in [-0.4, -0.2) is 20.4 Å². The average molecular weight is 324 g/mol. The van der Waals surface area contributed by atoms with E-state index in [1.54, 1.807) is 6.20 Å². The Morgan fingerprint density at radius 1 is 1.38 bits per heavy atom. The minimum atomic E-state index is -0.00408. The number of furan rings is 1. The Kier molecular flexibility index (Phi) is 3.91. The molecule has 0 aromatic carbocycles. The van der Waals surface area contributed by atoms with Gasteiger partial charge in [0.25, 0.3) is 0 Å². The summed E-state index contributed by atoms with van der Waals surface area (Å²) in [5.41, 5.74) is 1.57. The lowest BCUT2D eigenvalue weighted by Gasteiger charge is -2.14. The molecule has 3 rings (SSSR count). The van der Waals surface area contributed by atoms with E-state index < -0.39 is 0 Å². The molecule has 0 aliphatic heterocycles. The highest BCUT2D eigenvalue weighted by Crippen LogP contribution is 2.27. The minimum absolute atomic E-state index is 0.00408. The van der Waals surface area contributed by atoms with Crippen molar-refractivity contribution in [2.24, 2.45) is 0 Å². The fourth-order valence-corrected chi connectivity index (χ4v) is 2.80. The van der Waals surface area contributed by atoms with Crippen LogP contribution in [0.1, 0.15) is 30.3 Å². The zero-order valence-electron chi connectivity index (χ0n) is 11.8. The van der Waals surface area contributed by atoms with Crippen LogP contribution in [0.4, 0.5) is 0 Å². The third kappa shape index (κ3) is 2.65. The maximum atomic E-state index is 6.00. The number of hydrogen-bond acceptors (Lipinski definition) is 3. The van der Waals surface area contributed by atoms with Crippen LogP contribution in [0.15, 0.2) is 28.8 Å². The molecule has 4 nitrogen and oxygen atoms in total. The van der Waals surface area contributed by atoms with Crippen molar-refractivity contribution in [3.05, 3.63) is 46.8 Å². The van der Waals surface area contributed by atoms with Crippen molar-refractivity contribution in [1.29, 1.82) is 0 Å². The molecule has 1 unspecified atom stereocenters. The molecule has 110 valence electrons. The first-order valence-electron chi connectivity index (χ1n) is 6.75. The van der Waals surface area contributed by atoms with Crippen molar-refractivity contribution < 1.29 is 4.42 Å². The van der Waals surface area contributed by atoms with Crippen molar-refractivity contribution in [1.82, 2.24) is 14.5 Å². The molecule has 0 radical (unpaired) electrons. The first-order valence-corrected chi connectivity index (χ1v) is 7.66. The van der Waals surface area contributed by atoms with Crippen molar-refractivity contribution >= 4 is 34.4 Å². The Balaban J connectivity index is 2.16. The zero-order valence-corrected chi connectivity index (χ0v) is 13.3. The van der Waals surface area contributed by atoms with Crippen molar-refractivity contribution in [2.75, 3.05) is 5.88 Å². The summed E-state index contributed by atoms with van der Waals surface area (Å²) in [6.07, 6.45) is 2.30. The van der Waals surface area contributed by atoms with Gasteiger partial charge in [-0.2, -0.15) is 0 Å². The van der Waals surface area contributed by atoms with Gasteiger partial charge in [0.2, 0.25) is 0 Å². The molecule has 0 amide bonds. The second-order valence-electron chi connectivity index (χ2n) is 4.96. The van der Waals surface area contributed by atoms with Crippen LogP contribution in [-0.2, 0) is 6.42 Å². The van der Waals surface area contributed by atoms with Gasteiger partial charge in [0.05, 0.1) is 11.1 Å². The summed E-state index contributed by atoms with van der Waals surface area (Å²) in [5, 5.41) is 0.575. The molecule has 1 atom stereocenters. The Labute approximate surface area is 132 Å². The summed E-state index contributed by atoms with van der Waals surface area (Å²) in [6.45, 7) is 3.99. The van der Waals surface area contributed by atoms with Gasteiger partial charge >= 0.3 is 0 Å². The van der Waals surface area contributed by atoms with Crippen LogP contribution in [0.3, 0.4) is 0 Å². The van der Waals surface area contributed by atoms with Gasteiger partial charge in [-0.3, -0.25) is 0 Å². The fraction of sp³-hybridized carbons (Fsp3) is 0.333. The highest BCUT2D eigenvalue weighted by atomic mass is 35.5. The zero-order chi connectivity index (χ0) is 15.0. The molecule has 0 fully saturated rings. The standard InChI is InChI=1S/C15H15Cl2N3O/c1-9-3-4-13(21-9)10(2)20-14(5-6-16)19-12-7-11(17)8-18-15(12)20/h3-4,7-8,10H,5-6H2,1-2H3. The molecular formula is C15H15Cl2N3O. The summed E-state index contributed by atoms with van der Waals surface area (Å²) >= 11 is 11.9. The Morgan fingerprint density at radius 3 is 2.86 bits per heavy atom. The second kappa shape index (κ2) is 5.70. The monoisotopic (exact) mass is 323 g/mol. The van der Waals surface area contributed by atoms with E-state index in [2.05, 4.69) is 21.5 Å². The van der Waals surface area contributed by atoms with Crippen molar-refractivity contribution in [3.63, 3.8) is 0 Å². The van der Waals surface area contributed by atoms with Crippen LogP contribution >= 0.6 is 23.2 Å². The molecule has 0 aliphatic carbocycles. The minimum Gasteiger partial charge on any atom is -0.464 e. The van der Waals surface area contributed by atoms with Crippen LogP contribution in [0.5, 0.6) is 0 Å². The van der Waals surface area contributed by atoms with Gasteiger partial charge in [-0.1, -0.05) is 11.6 Å². The van der Waals surface area contributed by atoms with Gasteiger partial charge in [0, 0.05) is 18.5 Å². The summed E-state index contributed by atoms with van der Waals surface area (Å²) < 4.78 is 7.80. The van der Waals surface area contributed by atoms with E-state index in [1.165, 1.54) is 0 Å². The molecule has 0 saturated carbocycles. The third-order valence-corrected chi connectivity index (χ3v) is 3.84. The molecule has 0 N–H and O–H groups in total. The molecule has 0 spiro atoms. The summed E-state index contributed by atoms with van der Waals surface area (Å²) in [4.78, 5) is 9.03. The maximum Gasteiger partial charge on any atom is 0.160 e. The molecule has 0 aliphatic rings. The number of rotatable bonds is 4. The Morgan fingerprint density at radius 2 is 2.19 bits per heavy atom. The van der Waals surface area contributed by atoms with Gasteiger partial charge in [0.15, 0.2) is 5.65 Å². The van der Waals surface area contributed by atoms with Gasteiger partial charge in [-0.05, 0) is 32.0 Å². The van der Waals surface area contributed by atoms with Crippen LogP contribution in [0.2, 0.25) is 5.02 Å².